The van der Waals surface area contributed by atoms with Crippen molar-refractivity contribution < 1.29 is 4.39 Å². The van der Waals surface area contributed by atoms with E-state index in [1.807, 2.05) is 12.1 Å². The standard InChI is InChI=1S/C16H26FN3.CH4/c1-16(2,3)12-18-13-5-6-15(14(17)11-13)20-9-7-19(4)8-10-20;/h5-6,11,18H,7-10,12H2,1-4H3;1H4. The van der Waals surface area contributed by atoms with Gasteiger partial charge < -0.3 is 15.1 Å². The van der Waals surface area contributed by atoms with Crippen LogP contribution in [0.15, 0.2) is 18.2 Å². The van der Waals surface area contributed by atoms with Crippen LogP contribution in [0.3, 0.4) is 0 Å². The summed E-state index contributed by atoms with van der Waals surface area (Å²) < 4.78 is 14.3. The SMILES string of the molecule is C.CN1CCN(c2ccc(NCC(C)(C)C)cc2F)CC1. The molecule has 120 valence electrons. The second-order valence-corrected chi connectivity index (χ2v) is 6.87. The number of piperazine rings is 1. The van der Waals surface area contributed by atoms with E-state index in [1.54, 1.807) is 6.07 Å². The smallest absolute Gasteiger partial charge is 0.148 e. The molecule has 4 heteroatoms. The Balaban J connectivity index is 0.00000220. The highest BCUT2D eigenvalue weighted by Crippen LogP contribution is 2.24. The molecule has 2 rings (SSSR count). The summed E-state index contributed by atoms with van der Waals surface area (Å²) in [6.45, 7) is 11.1. The Morgan fingerprint density at radius 3 is 2.29 bits per heavy atom. The number of hydrogen-bond donors (Lipinski definition) is 1. The maximum atomic E-state index is 14.3. The van der Waals surface area contributed by atoms with E-state index in [1.165, 1.54) is 0 Å². The maximum Gasteiger partial charge on any atom is 0.148 e. The first-order valence-corrected chi connectivity index (χ1v) is 7.32. The van der Waals surface area contributed by atoms with Gasteiger partial charge in [-0.05, 0) is 30.7 Å². The number of hydrogen-bond acceptors (Lipinski definition) is 3. The zero-order chi connectivity index (χ0) is 14.8. The second-order valence-electron chi connectivity index (χ2n) is 6.87. The Morgan fingerprint density at radius 2 is 1.76 bits per heavy atom. The van der Waals surface area contributed by atoms with Gasteiger partial charge in [-0.25, -0.2) is 4.39 Å². The molecule has 0 spiro atoms. The number of rotatable bonds is 3. The molecule has 1 aromatic rings. The number of anilines is 2. The molecule has 0 aromatic heterocycles. The van der Waals surface area contributed by atoms with Gasteiger partial charge in [-0.3, -0.25) is 0 Å². The van der Waals surface area contributed by atoms with Gasteiger partial charge in [0.15, 0.2) is 0 Å². The van der Waals surface area contributed by atoms with Crippen molar-refractivity contribution in [2.45, 2.75) is 28.2 Å². The summed E-state index contributed by atoms with van der Waals surface area (Å²) in [7, 11) is 2.10. The largest absolute Gasteiger partial charge is 0.384 e. The number of halogens is 1. The average molecular weight is 295 g/mol. The molecule has 0 radical (unpaired) electrons. The van der Waals surface area contributed by atoms with Crippen molar-refractivity contribution in [2.75, 3.05) is 50.0 Å². The normalized spacial score (nSPS) is 16.5. The highest BCUT2D eigenvalue weighted by molar-refractivity contribution is 5.56. The molecular weight excluding hydrogens is 265 g/mol. The second kappa shape index (κ2) is 7.12. The van der Waals surface area contributed by atoms with Gasteiger partial charge in [0.25, 0.3) is 0 Å². The van der Waals surface area contributed by atoms with Gasteiger partial charge >= 0.3 is 0 Å². The van der Waals surface area contributed by atoms with Crippen LogP contribution in [0.25, 0.3) is 0 Å². The molecule has 1 aliphatic rings. The summed E-state index contributed by atoms with van der Waals surface area (Å²) in [5.74, 6) is -0.131. The van der Waals surface area contributed by atoms with E-state index in [2.05, 4.69) is 42.9 Å². The van der Waals surface area contributed by atoms with Gasteiger partial charge in [0.1, 0.15) is 5.82 Å². The molecule has 1 N–H and O–H groups in total. The Hall–Kier alpha value is -1.29. The third-order valence-electron chi connectivity index (χ3n) is 3.61. The summed E-state index contributed by atoms with van der Waals surface area (Å²) in [4.78, 5) is 4.40. The van der Waals surface area contributed by atoms with Gasteiger partial charge in [-0.1, -0.05) is 28.2 Å². The molecule has 0 aliphatic carbocycles. The lowest BCUT2D eigenvalue weighted by molar-refractivity contribution is 0.311. The minimum atomic E-state index is -0.131. The fourth-order valence-corrected chi connectivity index (χ4v) is 2.29. The summed E-state index contributed by atoms with van der Waals surface area (Å²) in [6.07, 6.45) is 0. The Kier molecular flexibility index (Phi) is 6.02. The lowest BCUT2D eigenvalue weighted by Crippen LogP contribution is -2.44. The Morgan fingerprint density at radius 1 is 1.14 bits per heavy atom. The minimum Gasteiger partial charge on any atom is -0.384 e. The van der Waals surface area contributed by atoms with Gasteiger partial charge in [-0.2, -0.15) is 0 Å². The number of nitrogens with zero attached hydrogens (tertiary/aromatic N) is 2. The maximum absolute atomic E-state index is 14.3. The predicted octanol–water partition coefficient (Wildman–Crippen LogP) is 3.67. The minimum absolute atomic E-state index is 0. The van der Waals surface area contributed by atoms with Crippen LogP contribution in [-0.2, 0) is 0 Å². The molecule has 3 nitrogen and oxygen atoms in total. The van der Waals surface area contributed by atoms with Crippen molar-refractivity contribution in [1.82, 2.24) is 4.90 Å². The van der Waals surface area contributed by atoms with Crippen LogP contribution < -0.4 is 10.2 Å². The lowest BCUT2D eigenvalue weighted by atomic mass is 9.97. The van der Waals surface area contributed by atoms with Crippen LogP contribution in [-0.4, -0.2) is 44.7 Å². The first-order chi connectivity index (χ1) is 9.35. The van der Waals surface area contributed by atoms with Crippen LogP contribution in [0.4, 0.5) is 15.8 Å². The molecule has 0 unspecified atom stereocenters. The van der Waals surface area contributed by atoms with Gasteiger partial charge in [0.2, 0.25) is 0 Å². The first-order valence-electron chi connectivity index (χ1n) is 7.32. The average Bonchev–Trinajstić information content (AvgIpc) is 2.37. The van der Waals surface area contributed by atoms with E-state index in [9.17, 15) is 4.39 Å². The third kappa shape index (κ3) is 5.20. The topological polar surface area (TPSA) is 18.5 Å². The number of nitrogens with one attached hydrogen (secondary N) is 1. The van der Waals surface area contributed by atoms with Crippen LogP contribution in [0.2, 0.25) is 0 Å². The third-order valence-corrected chi connectivity index (χ3v) is 3.61. The van der Waals surface area contributed by atoms with E-state index in [4.69, 9.17) is 0 Å². The number of likely N-dealkylation sites (N-methyl/N-ethyl adjacent to an activating group) is 1. The summed E-state index contributed by atoms with van der Waals surface area (Å²) in [6, 6.07) is 5.48. The van der Waals surface area contributed by atoms with Crippen molar-refractivity contribution in [2.24, 2.45) is 5.41 Å². The molecule has 0 bridgehead atoms. The summed E-state index contributed by atoms with van der Waals surface area (Å²) >= 11 is 0. The molecule has 0 amide bonds. The fourth-order valence-electron chi connectivity index (χ4n) is 2.29. The van der Waals surface area contributed by atoms with E-state index < -0.39 is 0 Å². The van der Waals surface area contributed by atoms with Crippen LogP contribution in [0, 0.1) is 11.2 Å². The van der Waals surface area contributed by atoms with Crippen LogP contribution in [0.5, 0.6) is 0 Å². The van der Waals surface area contributed by atoms with Crippen molar-refractivity contribution in [3.63, 3.8) is 0 Å². The highest BCUT2D eigenvalue weighted by atomic mass is 19.1. The van der Waals surface area contributed by atoms with Crippen molar-refractivity contribution in [1.29, 1.82) is 0 Å². The van der Waals surface area contributed by atoms with Crippen molar-refractivity contribution in [3.05, 3.63) is 24.0 Å². The number of benzene rings is 1. The molecule has 1 fully saturated rings. The molecule has 21 heavy (non-hydrogen) atoms. The van der Waals surface area contributed by atoms with Crippen LogP contribution >= 0.6 is 0 Å². The zero-order valence-electron chi connectivity index (χ0n) is 13.0. The highest BCUT2D eigenvalue weighted by Gasteiger charge is 2.17. The lowest BCUT2D eigenvalue weighted by Gasteiger charge is -2.34. The van der Waals surface area contributed by atoms with Crippen LogP contribution in [0.1, 0.15) is 28.2 Å². The molecular formula is C17H30FN3. The Bertz CT molecular complexity index is 446. The monoisotopic (exact) mass is 295 g/mol. The van der Waals surface area contributed by atoms with Gasteiger partial charge in [-0.15, -0.1) is 0 Å². The fraction of sp³-hybridized carbons (Fsp3) is 0.647. The molecule has 1 aromatic carbocycles. The van der Waals surface area contributed by atoms with Gasteiger partial charge in [0, 0.05) is 38.4 Å². The Labute approximate surface area is 129 Å². The summed E-state index contributed by atoms with van der Waals surface area (Å²) in [5, 5.41) is 3.30. The van der Waals surface area contributed by atoms with E-state index >= 15 is 0 Å². The van der Waals surface area contributed by atoms with E-state index in [0.717, 1.165) is 44.1 Å². The molecule has 0 saturated carbocycles. The predicted molar refractivity (Wildman–Crippen MR) is 90.8 cm³/mol. The first kappa shape index (κ1) is 17.8. The zero-order valence-corrected chi connectivity index (χ0v) is 13.0. The quantitative estimate of drug-likeness (QED) is 0.918. The summed E-state index contributed by atoms with van der Waals surface area (Å²) in [5.41, 5.74) is 1.77. The molecule has 1 heterocycles. The molecule has 1 saturated heterocycles. The van der Waals surface area contributed by atoms with E-state index in [-0.39, 0.29) is 18.7 Å². The van der Waals surface area contributed by atoms with E-state index in [0.29, 0.717) is 0 Å². The molecule has 1 aliphatic heterocycles. The molecule has 0 atom stereocenters. The van der Waals surface area contributed by atoms with Crippen molar-refractivity contribution in [3.8, 4) is 0 Å². The van der Waals surface area contributed by atoms with Crippen molar-refractivity contribution >= 4 is 11.4 Å². The van der Waals surface area contributed by atoms with Gasteiger partial charge in [0.05, 0.1) is 5.69 Å².